The summed E-state index contributed by atoms with van der Waals surface area (Å²) in [7, 11) is -1.71. The van der Waals surface area contributed by atoms with Gasteiger partial charge in [0.15, 0.2) is 0 Å². The summed E-state index contributed by atoms with van der Waals surface area (Å²) in [5, 5.41) is 0. The molecule has 0 radical (unpaired) electrons. The quantitative estimate of drug-likeness (QED) is 0.709. The van der Waals surface area contributed by atoms with Crippen molar-refractivity contribution in [2.45, 2.75) is 38.5 Å². The molecule has 1 fully saturated rings. The van der Waals surface area contributed by atoms with Crippen molar-refractivity contribution in [2.24, 2.45) is 11.7 Å². The van der Waals surface area contributed by atoms with Gasteiger partial charge in [-0.1, -0.05) is 19.3 Å². The Morgan fingerprint density at radius 3 is 2.53 bits per heavy atom. The van der Waals surface area contributed by atoms with E-state index in [-0.39, 0.29) is 0 Å². The van der Waals surface area contributed by atoms with Crippen LogP contribution in [0.25, 0.3) is 0 Å². The normalized spacial score (nSPS) is 18.8. The minimum atomic E-state index is -3.30. The Hall–Kier alpha value is -0.170. The lowest BCUT2D eigenvalue weighted by atomic mass is 9.90. The zero-order valence-corrected chi connectivity index (χ0v) is 11.5. The van der Waals surface area contributed by atoms with Gasteiger partial charge >= 0.3 is 0 Å². The highest BCUT2D eigenvalue weighted by atomic mass is 32.2. The van der Waals surface area contributed by atoms with Crippen LogP contribution >= 0.6 is 0 Å². The average Bonchev–Trinajstić information content (AvgIpc) is 2.35. The summed E-state index contributed by atoms with van der Waals surface area (Å²) < 4.78 is 27.8. The molecule has 0 aliphatic heterocycles. The molecule has 102 valence electrons. The maximum Gasteiger partial charge on any atom is 0.279 e. The largest absolute Gasteiger partial charge is 0.330 e. The van der Waals surface area contributed by atoms with Gasteiger partial charge in [0.25, 0.3) is 10.2 Å². The third kappa shape index (κ3) is 5.33. The minimum Gasteiger partial charge on any atom is -0.330 e. The van der Waals surface area contributed by atoms with E-state index in [1.165, 1.54) is 23.6 Å². The molecule has 0 aromatic carbocycles. The van der Waals surface area contributed by atoms with Gasteiger partial charge in [-0.25, -0.2) is 4.72 Å². The topological polar surface area (TPSA) is 75.4 Å². The molecule has 1 aliphatic rings. The first-order chi connectivity index (χ1) is 8.06. The molecule has 1 saturated carbocycles. The molecule has 0 heterocycles. The maximum absolute atomic E-state index is 11.9. The smallest absolute Gasteiger partial charge is 0.279 e. The highest BCUT2D eigenvalue weighted by Gasteiger charge is 2.20. The molecule has 0 aromatic heterocycles. The Bertz CT molecular complexity index is 300. The number of hydrogen-bond acceptors (Lipinski definition) is 3. The molecular formula is C11H25N3O2S. The zero-order chi connectivity index (χ0) is 12.7. The minimum absolute atomic E-state index is 0.483. The van der Waals surface area contributed by atoms with Crippen molar-refractivity contribution in [1.82, 2.24) is 9.03 Å². The van der Waals surface area contributed by atoms with E-state index in [1.54, 1.807) is 7.05 Å². The number of nitrogens with zero attached hydrogens (tertiary/aromatic N) is 1. The Balaban J connectivity index is 2.32. The van der Waals surface area contributed by atoms with Crippen LogP contribution in [0.15, 0.2) is 0 Å². The van der Waals surface area contributed by atoms with Crippen molar-refractivity contribution in [2.75, 3.05) is 26.7 Å². The second-order valence-electron chi connectivity index (χ2n) is 4.82. The fraction of sp³-hybridized carbons (Fsp3) is 1.00. The van der Waals surface area contributed by atoms with Crippen LogP contribution in [0.3, 0.4) is 0 Å². The van der Waals surface area contributed by atoms with Crippen LogP contribution in [0.5, 0.6) is 0 Å². The molecule has 3 N–H and O–H groups in total. The van der Waals surface area contributed by atoms with Gasteiger partial charge < -0.3 is 5.73 Å². The van der Waals surface area contributed by atoms with Gasteiger partial charge in [-0.15, -0.1) is 0 Å². The van der Waals surface area contributed by atoms with Crippen LogP contribution < -0.4 is 10.5 Å². The van der Waals surface area contributed by atoms with Crippen LogP contribution in [0, 0.1) is 5.92 Å². The van der Waals surface area contributed by atoms with Gasteiger partial charge in [0.05, 0.1) is 0 Å². The summed E-state index contributed by atoms with van der Waals surface area (Å²) in [6.45, 7) is 1.58. The molecule has 0 saturated heterocycles. The van der Waals surface area contributed by atoms with Gasteiger partial charge in [0, 0.05) is 20.1 Å². The van der Waals surface area contributed by atoms with Crippen molar-refractivity contribution >= 4 is 10.2 Å². The SMILES string of the molecule is CN(CCCN)S(=O)(=O)NCC1CCCCC1. The highest BCUT2D eigenvalue weighted by Crippen LogP contribution is 2.22. The Morgan fingerprint density at radius 2 is 1.94 bits per heavy atom. The molecule has 0 atom stereocenters. The average molecular weight is 263 g/mol. The van der Waals surface area contributed by atoms with Gasteiger partial charge in [-0.2, -0.15) is 12.7 Å². The van der Waals surface area contributed by atoms with Crippen LogP contribution in [-0.2, 0) is 10.2 Å². The number of rotatable bonds is 7. The third-order valence-corrected chi connectivity index (χ3v) is 4.90. The summed E-state index contributed by atoms with van der Waals surface area (Å²) in [4.78, 5) is 0. The number of nitrogens with two attached hydrogens (primary N) is 1. The van der Waals surface area contributed by atoms with E-state index in [0.29, 0.717) is 32.0 Å². The molecule has 0 bridgehead atoms. The fourth-order valence-electron chi connectivity index (χ4n) is 2.16. The molecule has 0 aromatic rings. The predicted molar refractivity (Wildman–Crippen MR) is 69.8 cm³/mol. The fourth-order valence-corrected chi connectivity index (χ4v) is 3.19. The second-order valence-corrected chi connectivity index (χ2v) is 6.68. The van der Waals surface area contributed by atoms with Gasteiger partial charge in [-0.05, 0) is 31.7 Å². The van der Waals surface area contributed by atoms with Crippen LogP contribution in [0.2, 0.25) is 0 Å². The van der Waals surface area contributed by atoms with Crippen molar-refractivity contribution in [3.63, 3.8) is 0 Å². The lowest BCUT2D eigenvalue weighted by Gasteiger charge is -2.23. The van der Waals surface area contributed by atoms with E-state index in [1.807, 2.05) is 0 Å². The molecule has 0 spiro atoms. The Morgan fingerprint density at radius 1 is 1.29 bits per heavy atom. The summed E-state index contributed by atoms with van der Waals surface area (Å²) >= 11 is 0. The summed E-state index contributed by atoms with van der Waals surface area (Å²) in [5.41, 5.74) is 5.37. The lowest BCUT2D eigenvalue weighted by Crippen LogP contribution is -2.41. The van der Waals surface area contributed by atoms with Crippen molar-refractivity contribution in [1.29, 1.82) is 0 Å². The van der Waals surface area contributed by atoms with Gasteiger partial charge in [-0.3, -0.25) is 0 Å². The second kappa shape index (κ2) is 7.31. The standard InChI is InChI=1S/C11H25N3O2S/c1-14(9-5-8-12)17(15,16)13-10-11-6-3-2-4-7-11/h11,13H,2-10,12H2,1H3. The maximum atomic E-state index is 11.9. The van der Waals surface area contributed by atoms with Crippen molar-refractivity contribution in [3.8, 4) is 0 Å². The molecule has 1 aliphatic carbocycles. The van der Waals surface area contributed by atoms with Crippen LogP contribution in [-0.4, -0.2) is 39.4 Å². The predicted octanol–water partition coefficient (Wildman–Crippen LogP) is 0.682. The van der Waals surface area contributed by atoms with Crippen LogP contribution in [0.4, 0.5) is 0 Å². The monoisotopic (exact) mass is 263 g/mol. The van der Waals surface area contributed by atoms with Crippen molar-refractivity contribution in [3.05, 3.63) is 0 Å². The van der Waals surface area contributed by atoms with E-state index in [9.17, 15) is 8.42 Å². The Labute approximate surface area is 105 Å². The Kier molecular flexibility index (Phi) is 6.40. The molecule has 0 unspecified atom stereocenters. The zero-order valence-electron chi connectivity index (χ0n) is 10.7. The summed E-state index contributed by atoms with van der Waals surface area (Å²) in [5.74, 6) is 0.515. The number of hydrogen-bond donors (Lipinski definition) is 2. The molecule has 0 amide bonds. The summed E-state index contributed by atoms with van der Waals surface area (Å²) in [6, 6.07) is 0. The summed E-state index contributed by atoms with van der Waals surface area (Å²) in [6.07, 6.45) is 6.75. The molecule has 6 heteroatoms. The van der Waals surface area contributed by atoms with E-state index < -0.39 is 10.2 Å². The highest BCUT2D eigenvalue weighted by molar-refractivity contribution is 7.87. The van der Waals surface area contributed by atoms with Crippen LogP contribution in [0.1, 0.15) is 38.5 Å². The third-order valence-electron chi connectivity index (χ3n) is 3.37. The lowest BCUT2D eigenvalue weighted by molar-refractivity contribution is 0.352. The molecular weight excluding hydrogens is 238 g/mol. The molecule has 17 heavy (non-hydrogen) atoms. The van der Waals surface area contributed by atoms with Crippen molar-refractivity contribution < 1.29 is 8.42 Å². The van der Waals surface area contributed by atoms with E-state index in [2.05, 4.69) is 4.72 Å². The molecule has 5 nitrogen and oxygen atoms in total. The van der Waals surface area contributed by atoms with E-state index in [0.717, 1.165) is 12.8 Å². The first-order valence-corrected chi connectivity index (χ1v) is 7.91. The molecule has 1 rings (SSSR count). The van der Waals surface area contributed by atoms with Gasteiger partial charge in [0.1, 0.15) is 0 Å². The first kappa shape index (κ1) is 14.9. The van der Waals surface area contributed by atoms with E-state index >= 15 is 0 Å². The van der Waals surface area contributed by atoms with E-state index in [4.69, 9.17) is 5.73 Å². The number of nitrogens with one attached hydrogen (secondary N) is 1. The van der Waals surface area contributed by atoms with Gasteiger partial charge in [0.2, 0.25) is 0 Å². The first-order valence-electron chi connectivity index (χ1n) is 6.47.